The Hall–Kier alpha value is -1.68. The second kappa shape index (κ2) is 4.45. The van der Waals surface area contributed by atoms with E-state index in [9.17, 15) is 9.18 Å². The summed E-state index contributed by atoms with van der Waals surface area (Å²) in [5, 5.41) is 0.531. The summed E-state index contributed by atoms with van der Waals surface area (Å²) in [7, 11) is 0. The van der Waals surface area contributed by atoms with Crippen molar-refractivity contribution in [2.75, 3.05) is 0 Å². The molecule has 3 nitrogen and oxygen atoms in total. The van der Waals surface area contributed by atoms with Gasteiger partial charge in [-0.3, -0.25) is 4.79 Å². The molecule has 0 aliphatic rings. The molecule has 1 aromatic carbocycles. The van der Waals surface area contributed by atoms with Crippen LogP contribution in [0.2, 0.25) is 5.02 Å². The van der Waals surface area contributed by atoms with Gasteiger partial charge in [0.05, 0.1) is 12.0 Å². The topological polar surface area (TPSA) is 45.8 Å². The number of aromatic amines is 1. The van der Waals surface area contributed by atoms with E-state index in [1.807, 2.05) is 0 Å². The molecule has 0 saturated heterocycles. The van der Waals surface area contributed by atoms with Crippen molar-refractivity contribution in [2.45, 2.75) is 6.42 Å². The molecule has 5 heteroatoms. The molecule has 0 atom stereocenters. The molecule has 2 aromatic rings. The predicted octanol–water partition coefficient (Wildman–Crippen LogP) is 2.15. The van der Waals surface area contributed by atoms with Crippen LogP contribution in [0, 0.1) is 5.82 Å². The first kappa shape index (κ1) is 10.8. The molecule has 1 heterocycles. The van der Waals surface area contributed by atoms with Crippen LogP contribution in [0.3, 0.4) is 0 Å². The first-order chi connectivity index (χ1) is 7.68. The largest absolute Gasteiger partial charge is 0.311 e. The first-order valence-corrected chi connectivity index (χ1v) is 5.01. The Kier molecular flexibility index (Phi) is 3.01. The highest BCUT2D eigenvalue weighted by Gasteiger charge is 2.09. The van der Waals surface area contributed by atoms with Crippen molar-refractivity contribution in [1.29, 1.82) is 0 Å². The van der Waals surface area contributed by atoms with Gasteiger partial charge < -0.3 is 4.98 Å². The summed E-state index contributed by atoms with van der Waals surface area (Å²) >= 11 is 5.93. The van der Waals surface area contributed by atoms with Crippen LogP contribution < -0.4 is 5.56 Å². The Morgan fingerprint density at radius 3 is 2.88 bits per heavy atom. The van der Waals surface area contributed by atoms with Crippen LogP contribution in [-0.2, 0) is 6.42 Å². The van der Waals surface area contributed by atoms with Crippen molar-refractivity contribution >= 4 is 11.6 Å². The number of H-pyrrole nitrogens is 1. The van der Waals surface area contributed by atoms with E-state index in [-0.39, 0.29) is 12.1 Å². The minimum Gasteiger partial charge on any atom is -0.311 e. The van der Waals surface area contributed by atoms with E-state index in [0.717, 1.165) is 5.56 Å². The third-order valence-corrected chi connectivity index (χ3v) is 2.55. The Morgan fingerprint density at radius 2 is 2.12 bits per heavy atom. The highest BCUT2D eigenvalue weighted by Crippen LogP contribution is 2.18. The number of hydrogen-bond acceptors (Lipinski definition) is 2. The third kappa shape index (κ3) is 2.12. The van der Waals surface area contributed by atoms with Crippen LogP contribution in [0.1, 0.15) is 11.3 Å². The number of halogens is 2. The van der Waals surface area contributed by atoms with E-state index in [0.29, 0.717) is 5.02 Å². The molecule has 0 saturated carbocycles. The number of aromatic nitrogens is 2. The molecular weight excluding hydrogens is 231 g/mol. The molecule has 0 aliphatic heterocycles. The quantitative estimate of drug-likeness (QED) is 0.872. The Bertz CT molecular complexity index is 568. The van der Waals surface area contributed by atoms with Crippen molar-refractivity contribution < 1.29 is 4.39 Å². The summed E-state index contributed by atoms with van der Waals surface area (Å²) in [6.07, 6.45) is 1.38. The van der Waals surface area contributed by atoms with Gasteiger partial charge in [-0.1, -0.05) is 29.8 Å². The summed E-state index contributed by atoms with van der Waals surface area (Å²) in [6.45, 7) is 0. The zero-order chi connectivity index (χ0) is 11.5. The average molecular weight is 239 g/mol. The molecule has 2 rings (SSSR count). The smallest absolute Gasteiger partial charge is 0.287 e. The van der Waals surface area contributed by atoms with Crippen LogP contribution in [-0.4, -0.2) is 9.97 Å². The van der Waals surface area contributed by atoms with Gasteiger partial charge in [0.1, 0.15) is 0 Å². The molecule has 0 fully saturated rings. The number of benzene rings is 1. The molecule has 16 heavy (non-hydrogen) atoms. The van der Waals surface area contributed by atoms with E-state index in [1.165, 1.54) is 6.33 Å². The zero-order valence-corrected chi connectivity index (χ0v) is 8.96. The van der Waals surface area contributed by atoms with Gasteiger partial charge in [-0.05, 0) is 11.6 Å². The first-order valence-electron chi connectivity index (χ1n) is 4.64. The van der Waals surface area contributed by atoms with Crippen LogP contribution >= 0.6 is 11.6 Å². The van der Waals surface area contributed by atoms with Crippen molar-refractivity contribution in [3.8, 4) is 0 Å². The summed E-state index contributed by atoms with van der Waals surface area (Å²) in [5.74, 6) is -0.859. The van der Waals surface area contributed by atoms with Gasteiger partial charge in [-0.25, -0.2) is 4.98 Å². The normalized spacial score (nSPS) is 10.4. The molecule has 0 spiro atoms. The minimum absolute atomic E-state index is 0.0943. The Morgan fingerprint density at radius 1 is 1.38 bits per heavy atom. The van der Waals surface area contributed by atoms with E-state index in [4.69, 9.17) is 11.6 Å². The summed E-state index contributed by atoms with van der Waals surface area (Å²) in [5.41, 5.74) is 0.0649. The zero-order valence-electron chi connectivity index (χ0n) is 8.21. The van der Waals surface area contributed by atoms with Gasteiger partial charge in [0.25, 0.3) is 5.56 Å². The lowest BCUT2D eigenvalue weighted by Crippen LogP contribution is -2.15. The van der Waals surface area contributed by atoms with Gasteiger partial charge in [0.2, 0.25) is 5.82 Å². The van der Waals surface area contributed by atoms with Crippen LogP contribution in [0.15, 0.2) is 35.4 Å². The minimum atomic E-state index is -0.859. The lowest BCUT2D eigenvalue weighted by Gasteiger charge is -2.03. The second-order valence-electron chi connectivity index (χ2n) is 3.26. The van der Waals surface area contributed by atoms with E-state index < -0.39 is 11.4 Å². The van der Waals surface area contributed by atoms with Gasteiger partial charge >= 0.3 is 0 Å². The number of nitrogens with zero attached hydrogens (tertiary/aromatic N) is 1. The molecule has 0 aliphatic carbocycles. The van der Waals surface area contributed by atoms with Crippen molar-refractivity contribution in [3.63, 3.8) is 0 Å². The van der Waals surface area contributed by atoms with Gasteiger partial charge in [-0.2, -0.15) is 4.39 Å². The molecule has 1 aromatic heterocycles. The lowest BCUT2D eigenvalue weighted by molar-refractivity contribution is 0.582. The predicted molar refractivity (Wildman–Crippen MR) is 59.1 cm³/mol. The molecule has 0 unspecified atom stereocenters. The standard InChI is InChI=1S/C11H8ClFN2O/c12-8-4-2-1-3-7(8)5-9-10(13)11(16)15-6-14-9/h1-4,6H,5H2,(H,14,15,16). The number of hydrogen-bond donors (Lipinski definition) is 1. The highest BCUT2D eigenvalue weighted by molar-refractivity contribution is 6.31. The van der Waals surface area contributed by atoms with Crippen molar-refractivity contribution in [1.82, 2.24) is 9.97 Å². The lowest BCUT2D eigenvalue weighted by atomic mass is 10.1. The fraction of sp³-hybridized carbons (Fsp3) is 0.0909. The average Bonchev–Trinajstić information content (AvgIpc) is 2.28. The number of rotatable bonds is 2. The molecule has 0 radical (unpaired) electrons. The van der Waals surface area contributed by atoms with Gasteiger partial charge in [-0.15, -0.1) is 0 Å². The van der Waals surface area contributed by atoms with E-state index in [2.05, 4.69) is 9.97 Å². The van der Waals surface area contributed by atoms with Crippen molar-refractivity contribution in [2.24, 2.45) is 0 Å². The monoisotopic (exact) mass is 238 g/mol. The Balaban J connectivity index is 2.38. The molecule has 82 valence electrons. The summed E-state index contributed by atoms with van der Waals surface area (Å²) in [6, 6.07) is 7.06. The van der Waals surface area contributed by atoms with Crippen molar-refractivity contribution in [3.05, 3.63) is 63.0 Å². The number of nitrogens with one attached hydrogen (secondary N) is 1. The third-order valence-electron chi connectivity index (χ3n) is 2.18. The second-order valence-corrected chi connectivity index (χ2v) is 3.67. The maximum atomic E-state index is 13.4. The molecule has 0 amide bonds. The fourth-order valence-electron chi connectivity index (χ4n) is 1.37. The molecular formula is C11H8ClFN2O. The summed E-state index contributed by atoms with van der Waals surface area (Å²) in [4.78, 5) is 17.0. The Labute approximate surface area is 95.9 Å². The van der Waals surface area contributed by atoms with Crippen LogP contribution in [0.25, 0.3) is 0 Å². The van der Waals surface area contributed by atoms with Crippen LogP contribution in [0.5, 0.6) is 0 Å². The van der Waals surface area contributed by atoms with Gasteiger partial charge in [0.15, 0.2) is 0 Å². The summed E-state index contributed by atoms with van der Waals surface area (Å²) < 4.78 is 13.4. The SMILES string of the molecule is O=c1[nH]cnc(Cc2ccccc2Cl)c1F. The maximum Gasteiger partial charge on any atom is 0.287 e. The maximum absolute atomic E-state index is 13.4. The molecule has 0 bridgehead atoms. The van der Waals surface area contributed by atoms with Gasteiger partial charge in [0, 0.05) is 11.4 Å². The van der Waals surface area contributed by atoms with E-state index in [1.54, 1.807) is 24.3 Å². The highest BCUT2D eigenvalue weighted by atomic mass is 35.5. The fourth-order valence-corrected chi connectivity index (χ4v) is 1.57. The van der Waals surface area contributed by atoms with E-state index >= 15 is 0 Å². The van der Waals surface area contributed by atoms with Crippen LogP contribution in [0.4, 0.5) is 4.39 Å². The molecule has 1 N–H and O–H groups in total.